The summed E-state index contributed by atoms with van der Waals surface area (Å²) in [5, 5.41) is 4.15. The molecule has 128 valence electrons. The van der Waals surface area contributed by atoms with Crippen LogP contribution in [0.4, 0.5) is 5.13 Å². The molecule has 0 N–H and O–H groups in total. The molecule has 26 heavy (non-hydrogen) atoms. The molecule has 1 aliphatic heterocycles. The van der Waals surface area contributed by atoms with E-state index in [9.17, 15) is 4.79 Å². The number of thiazole rings is 1. The van der Waals surface area contributed by atoms with Crippen molar-refractivity contribution < 1.29 is 4.79 Å². The molecule has 1 saturated heterocycles. The van der Waals surface area contributed by atoms with E-state index in [1.165, 1.54) is 23.1 Å². The van der Waals surface area contributed by atoms with Crippen LogP contribution in [0.15, 0.2) is 70.7 Å². The summed E-state index contributed by atoms with van der Waals surface area (Å²) in [6.45, 7) is 4.15. The highest BCUT2D eigenvalue weighted by Gasteiger charge is 2.32. The van der Waals surface area contributed by atoms with Crippen molar-refractivity contribution in [2.45, 2.75) is 0 Å². The van der Waals surface area contributed by atoms with Crippen molar-refractivity contribution in [3.63, 3.8) is 0 Å². The maximum Gasteiger partial charge on any atom is 0.267 e. The van der Waals surface area contributed by atoms with Gasteiger partial charge < -0.3 is 0 Å². The number of hydrogen-bond acceptors (Lipinski definition) is 6. The molecule has 1 amide bonds. The van der Waals surface area contributed by atoms with Gasteiger partial charge in [0.05, 0.1) is 10.4 Å². The van der Waals surface area contributed by atoms with Crippen molar-refractivity contribution in [1.29, 1.82) is 0 Å². The first-order chi connectivity index (χ1) is 12.7. The van der Waals surface area contributed by atoms with Gasteiger partial charge in [0.2, 0.25) is 5.13 Å². The average molecular weight is 378 g/mol. The Kier molecular flexibility index (Phi) is 4.64. The molecule has 7 heteroatoms. The molecular formula is C19H14N4OS2. The van der Waals surface area contributed by atoms with Crippen LogP contribution >= 0.6 is 23.1 Å². The zero-order chi connectivity index (χ0) is 17.9. The Bertz CT molecular complexity index is 1040. The van der Waals surface area contributed by atoms with E-state index in [1.54, 1.807) is 23.4 Å². The fraction of sp³-hybridized carbons (Fsp3) is 0.0526. The Morgan fingerprint density at radius 1 is 1.23 bits per heavy atom. The summed E-state index contributed by atoms with van der Waals surface area (Å²) in [5.74, 6) is -0.0727. The first kappa shape index (κ1) is 16.7. The van der Waals surface area contributed by atoms with Crippen molar-refractivity contribution in [3.05, 3.63) is 71.2 Å². The molecule has 0 aliphatic carbocycles. The number of nitrogens with zero attached hydrogens (tertiary/aromatic N) is 4. The molecule has 2 aromatic heterocycles. The lowest BCUT2D eigenvalue weighted by Crippen LogP contribution is -2.29. The largest absolute Gasteiger partial charge is 0.282 e. The third-order valence-corrected chi connectivity index (χ3v) is 5.41. The van der Waals surface area contributed by atoms with Crippen molar-refractivity contribution >= 4 is 56.3 Å². The van der Waals surface area contributed by atoms with Gasteiger partial charge in [-0.05, 0) is 41.6 Å². The van der Waals surface area contributed by atoms with Crippen LogP contribution in [0, 0.1) is 0 Å². The van der Waals surface area contributed by atoms with E-state index >= 15 is 0 Å². The first-order valence-electron chi connectivity index (χ1n) is 7.90. The second-order valence-corrected chi connectivity index (χ2v) is 7.36. The fourth-order valence-electron chi connectivity index (χ4n) is 2.57. The lowest BCUT2D eigenvalue weighted by Gasteiger charge is -2.11. The van der Waals surface area contributed by atoms with Crippen LogP contribution in [0.25, 0.3) is 17.0 Å². The van der Waals surface area contributed by atoms with Crippen molar-refractivity contribution in [2.24, 2.45) is 4.99 Å². The van der Waals surface area contributed by atoms with Gasteiger partial charge >= 0.3 is 0 Å². The molecule has 3 aromatic rings. The number of amides is 1. The summed E-state index contributed by atoms with van der Waals surface area (Å²) in [6, 6.07) is 9.85. The van der Waals surface area contributed by atoms with Gasteiger partial charge in [0.25, 0.3) is 5.91 Å². The number of rotatable bonds is 4. The zero-order valence-corrected chi connectivity index (χ0v) is 15.3. The lowest BCUT2D eigenvalue weighted by atomic mass is 10.1. The predicted octanol–water partition coefficient (Wildman–Crippen LogP) is 4.48. The van der Waals surface area contributed by atoms with E-state index < -0.39 is 0 Å². The Labute approximate surface area is 158 Å². The highest BCUT2D eigenvalue weighted by atomic mass is 32.2. The number of fused-ring (bicyclic) bond motifs is 1. The monoisotopic (exact) mass is 378 g/mol. The van der Waals surface area contributed by atoms with Gasteiger partial charge in [0, 0.05) is 29.7 Å². The molecule has 1 aromatic carbocycles. The Hall–Kier alpha value is -2.77. The number of carbonyl (C=O) groups is 1. The normalized spacial score (nSPS) is 17.5. The van der Waals surface area contributed by atoms with E-state index in [4.69, 9.17) is 0 Å². The molecule has 1 fully saturated rings. The van der Waals surface area contributed by atoms with E-state index in [1.807, 2.05) is 41.8 Å². The number of pyridine rings is 1. The van der Waals surface area contributed by atoms with Crippen LogP contribution in [0.3, 0.4) is 0 Å². The summed E-state index contributed by atoms with van der Waals surface area (Å²) < 4.78 is 0. The maximum absolute atomic E-state index is 12.8. The van der Waals surface area contributed by atoms with E-state index in [2.05, 4.69) is 21.5 Å². The van der Waals surface area contributed by atoms with Gasteiger partial charge in [0.15, 0.2) is 5.17 Å². The zero-order valence-electron chi connectivity index (χ0n) is 13.7. The Morgan fingerprint density at radius 2 is 2.15 bits per heavy atom. The number of benzene rings is 1. The smallest absolute Gasteiger partial charge is 0.267 e. The standard InChI is InChI=1S/C19H14N4OS2/c1-2-9-23-17(24)16(26-19(23)22-18-21-8-10-25-18)12-13-5-6-15-14(11-13)4-3-7-20-15/h2-8,10-12H,1,9H2. The second kappa shape index (κ2) is 7.23. The van der Waals surface area contributed by atoms with E-state index in [0.29, 0.717) is 21.7 Å². The van der Waals surface area contributed by atoms with Crippen molar-refractivity contribution in [2.75, 3.05) is 6.54 Å². The quantitative estimate of drug-likeness (QED) is 0.496. The number of aromatic nitrogens is 2. The van der Waals surface area contributed by atoms with Gasteiger partial charge in [-0.1, -0.05) is 18.2 Å². The van der Waals surface area contributed by atoms with Crippen molar-refractivity contribution in [1.82, 2.24) is 14.9 Å². The number of amidine groups is 1. The van der Waals surface area contributed by atoms with Crippen LogP contribution < -0.4 is 0 Å². The maximum atomic E-state index is 12.8. The lowest BCUT2D eigenvalue weighted by molar-refractivity contribution is -0.121. The van der Waals surface area contributed by atoms with E-state index in [-0.39, 0.29) is 5.91 Å². The van der Waals surface area contributed by atoms with Crippen molar-refractivity contribution in [3.8, 4) is 0 Å². The highest BCUT2D eigenvalue weighted by Crippen LogP contribution is 2.34. The summed E-state index contributed by atoms with van der Waals surface area (Å²) in [7, 11) is 0. The van der Waals surface area contributed by atoms with Gasteiger partial charge in [-0.25, -0.2) is 4.98 Å². The van der Waals surface area contributed by atoms with Crippen LogP contribution in [0.2, 0.25) is 0 Å². The number of thioether (sulfide) groups is 1. The highest BCUT2D eigenvalue weighted by molar-refractivity contribution is 8.18. The van der Waals surface area contributed by atoms with Crippen LogP contribution in [-0.4, -0.2) is 32.5 Å². The molecule has 0 spiro atoms. The molecule has 0 unspecified atom stereocenters. The number of hydrogen-bond donors (Lipinski definition) is 0. The van der Waals surface area contributed by atoms with Gasteiger partial charge in [-0.3, -0.25) is 14.7 Å². The number of aliphatic imine (C=N–C) groups is 1. The van der Waals surface area contributed by atoms with Crippen LogP contribution in [0.5, 0.6) is 0 Å². The van der Waals surface area contributed by atoms with Gasteiger partial charge in [-0.15, -0.1) is 17.9 Å². The fourth-order valence-corrected chi connectivity index (χ4v) is 4.12. The molecule has 5 nitrogen and oxygen atoms in total. The third kappa shape index (κ3) is 3.31. The minimum Gasteiger partial charge on any atom is -0.282 e. The van der Waals surface area contributed by atoms with Gasteiger partial charge in [0.1, 0.15) is 0 Å². The summed E-state index contributed by atoms with van der Waals surface area (Å²) in [5.41, 5.74) is 1.88. The van der Waals surface area contributed by atoms with Crippen LogP contribution in [-0.2, 0) is 4.79 Å². The molecule has 4 rings (SSSR count). The summed E-state index contributed by atoms with van der Waals surface area (Å²) >= 11 is 2.79. The first-order valence-corrected chi connectivity index (χ1v) is 9.59. The SMILES string of the molecule is C=CCN1C(=O)C(=Cc2ccc3ncccc3c2)SC1=Nc1nccs1. The third-order valence-electron chi connectivity index (χ3n) is 3.74. The van der Waals surface area contributed by atoms with Gasteiger partial charge in [-0.2, -0.15) is 4.99 Å². The topological polar surface area (TPSA) is 58.5 Å². The average Bonchev–Trinajstić information content (AvgIpc) is 3.26. The Balaban J connectivity index is 1.70. The summed E-state index contributed by atoms with van der Waals surface area (Å²) in [4.78, 5) is 28.0. The predicted molar refractivity (Wildman–Crippen MR) is 108 cm³/mol. The molecule has 0 saturated carbocycles. The molecule has 3 heterocycles. The number of carbonyl (C=O) groups excluding carboxylic acids is 1. The molecule has 0 radical (unpaired) electrons. The minimum absolute atomic E-state index is 0.0727. The molecule has 1 aliphatic rings. The van der Waals surface area contributed by atoms with E-state index in [0.717, 1.165) is 16.5 Å². The molecule has 0 bridgehead atoms. The second-order valence-electron chi connectivity index (χ2n) is 5.48. The molecule has 0 atom stereocenters. The minimum atomic E-state index is -0.0727. The molecular weight excluding hydrogens is 364 g/mol. The van der Waals surface area contributed by atoms with Crippen LogP contribution in [0.1, 0.15) is 5.56 Å². The summed E-state index contributed by atoms with van der Waals surface area (Å²) in [6.07, 6.45) is 7.05. The Morgan fingerprint density at radius 3 is 2.96 bits per heavy atom.